The molecule has 3 heteroatoms. The summed E-state index contributed by atoms with van der Waals surface area (Å²) >= 11 is 1.52. The summed E-state index contributed by atoms with van der Waals surface area (Å²) in [6, 6.07) is 23.6. The molecule has 29 heavy (non-hydrogen) atoms. The first-order chi connectivity index (χ1) is 14.2. The predicted molar refractivity (Wildman–Crippen MR) is 121 cm³/mol. The molecule has 0 saturated heterocycles. The fraction of sp³-hybridized carbons (Fsp3) is 0.192. The van der Waals surface area contributed by atoms with Crippen LogP contribution in [-0.2, 0) is 6.42 Å². The van der Waals surface area contributed by atoms with Gasteiger partial charge in [-0.15, -0.1) is 0 Å². The van der Waals surface area contributed by atoms with E-state index in [2.05, 4.69) is 78.9 Å². The summed E-state index contributed by atoms with van der Waals surface area (Å²) in [6.07, 6.45) is 4.04. The minimum atomic E-state index is 0.114. The molecule has 0 bridgehead atoms. The van der Waals surface area contributed by atoms with Gasteiger partial charge in [-0.25, -0.2) is 4.37 Å². The number of rotatable bonds is 4. The van der Waals surface area contributed by atoms with Crippen LogP contribution in [0.5, 0.6) is 5.75 Å². The molecule has 0 aliphatic heterocycles. The molecular formula is C26H23NOS. The average molecular weight is 398 g/mol. The molecule has 1 aliphatic rings. The highest BCUT2D eigenvalue weighted by Gasteiger charge is 2.27. The number of fused-ring (bicyclic) bond motifs is 1. The quantitative estimate of drug-likeness (QED) is 0.364. The first kappa shape index (κ1) is 18.1. The van der Waals surface area contributed by atoms with Crippen LogP contribution in [0.3, 0.4) is 0 Å². The Labute approximate surface area is 176 Å². The maximum atomic E-state index is 6.41. The van der Waals surface area contributed by atoms with Gasteiger partial charge in [-0.05, 0) is 107 Å². The molecule has 144 valence electrons. The molecule has 1 atom stereocenters. The third kappa shape index (κ3) is 3.36. The van der Waals surface area contributed by atoms with Gasteiger partial charge in [-0.1, -0.05) is 36.4 Å². The van der Waals surface area contributed by atoms with E-state index in [1.807, 2.05) is 12.3 Å². The highest BCUT2D eigenvalue weighted by atomic mass is 32.1. The van der Waals surface area contributed by atoms with Crippen molar-refractivity contribution in [2.75, 3.05) is 0 Å². The Hall–Kier alpha value is -2.91. The topological polar surface area (TPSA) is 22.1 Å². The summed E-state index contributed by atoms with van der Waals surface area (Å²) in [5.74, 6) is 0.925. The number of hydrogen-bond acceptors (Lipinski definition) is 3. The third-order valence-electron chi connectivity index (χ3n) is 5.82. The Morgan fingerprint density at radius 1 is 0.897 bits per heavy atom. The second-order valence-corrected chi connectivity index (χ2v) is 8.52. The lowest BCUT2D eigenvalue weighted by Gasteiger charge is -2.17. The minimum Gasteiger partial charge on any atom is -0.486 e. The van der Waals surface area contributed by atoms with E-state index in [1.165, 1.54) is 55.4 Å². The van der Waals surface area contributed by atoms with E-state index in [0.717, 1.165) is 18.6 Å². The zero-order chi connectivity index (χ0) is 19.8. The van der Waals surface area contributed by atoms with Gasteiger partial charge in [0.05, 0.1) is 4.88 Å². The van der Waals surface area contributed by atoms with Gasteiger partial charge >= 0.3 is 0 Å². The number of aryl methyl sites for hydroxylation is 2. The number of ether oxygens (including phenoxy) is 1. The molecule has 1 aliphatic carbocycles. The van der Waals surface area contributed by atoms with Crippen molar-refractivity contribution in [2.24, 2.45) is 0 Å². The lowest BCUT2D eigenvalue weighted by molar-refractivity contribution is 0.207. The van der Waals surface area contributed by atoms with Crippen LogP contribution in [0.1, 0.15) is 34.8 Å². The van der Waals surface area contributed by atoms with Crippen molar-refractivity contribution in [2.45, 2.75) is 32.8 Å². The van der Waals surface area contributed by atoms with Crippen LogP contribution in [0.4, 0.5) is 0 Å². The monoisotopic (exact) mass is 397 g/mol. The number of nitrogens with zero attached hydrogens (tertiary/aromatic N) is 1. The Morgan fingerprint density at radius 2 is 1.66 bits per heavy atom. The molecular weight excluding hydrogens is 374 g/mol. The molecule has 1 heterocycles. The Balaban J connectivity index is 1.43. The standard InChI is InChI=1S/C26H23NOS/c1-17-5-3-6-18(2)26(17)23-8-4-7-22-21(23)13-14-24(22)28-20-11-9-19(10-12-20)25-15-16-27-29-25/h3-12,15-16,24H,13-14H2,1-2H3/t24-/m1/s1. The SMILES string of the molecule is Cc1cccc(C)c1-c1cccc2c1CC[C@H]2Oc1ccc(-c2ccns2)cc1. The minimum absolute atomic E-state index is 0.114. The molecule has 0 saturated carbocycles. The zero-order valence-corrected chi connectivity index (χ0v) is 17.5. The summed E-state index contributed by atoms with van der Waals surface area (Å²) < 4.78 is 10.6. The van der Waals surface area contributed by atoms with Crippen molar-refractivity contribution in [3.05, 3.63) is 95.2 Å². The van der Waals surface area contributed by atoms with Crippen LogP contribution in [0, 0.1) is 13.8 Å². The molecule has 0 radical (unpaired) electrons. The zero-order valence-electron chi connectivity index (χ0n) is 16.7. The van der Waals surface area contributed by atoms with Crippen LogP contribution >= 0.6 is 11.5 Å². The first-order valence-corrected chi connectivity index (χ1v) is 10.8. The molecule has 3 aromatic carbocycles. The summed E-state index contributed by atoms with van der Waals surface area (Å²) in [4.78, 5) is 1.18. The fourth-order valence-corrected chi connectivity index (χ4v) is 5.04. The molecule has 5 rings (SSSR count). The van der Waals surface area contributed by atoms with E-state index in [-0.39, 0.29) is 6.10 Å². The largest absolute Gasteiger partial charge is 0.486 e. The van der Waals surface area contributed by atoms with Gasteiger partial charge in [0.25, 0.3) is 0 Å². The molecule has 0 fully saturated rings. The Morgan fingerprint density at radius 3 is 2.38 bits per heavy atom. The van der Waals surface area contributed by atoms with Gasteiger partial charge < -0.3 is 4.74 Å². The lowest BCUT2D eigenvalue weighted by Crippen LogP contribution is -2.03. The lowest BCUT2D eigenvalue weighted by atomic mass is 9.91. The number of benzene rings is 3. The third-order valence-corrected chi connectivity index (χ3v) is 6.62. The molecule has 0 amide bonds. The van der Waals surface area contributed by atoms with Gasteiger partial charge in [-0.3, -0.25) is 0 Å². The highest BCUT2D eigenvalue weighted by molar-refractivity contribution is 7.09. The maximum Gasteiger partial charge on any atom is 0.124 e. The average Bonchev–Trinajstić information content (AvgIpc) is 3.40. The molecule has 0 spiro atoms. The summed E-state index contributed by atoms with van der Waals surface area (Å²) in [7, 11) is 0. The van der Waals surface area contributed by atoms with Crippen molar-refractivity contribution >= 4 is 11.5 Å². The molecule has 2 nitrogen and oxygen atoms in total. The van der Waals surface area contributed by atoms with Gasteiger partial charge in [0, 0.05) is 6.20 Å². The van der Waals surface area contributed by atoms with Crippen molar-refractivity contribution in [3.8, 4) is 27.3 Å². The Kier molecular flexibility index (Phi) is 4.69. The second kappa shape index (κ2) is 7.49. The van der Waals surface area contributed by atoms with E-state index in [1.54, 1.807) is 0 Å². The van der Waals surface area contributed by atoms with Crippen LogP contribution in [0.2, 0.25) is 0 Å². The van der Waals surface area contributed by atoms with Gasteiger partial charge in [0.2, 0.25) is 0 Å². The number of hydrogen-bond donors (Lipinski definition) is 0. The summed E-state index contributed by atoms with van der Waals surface area (Å²) in [5, 5.41) is 0. The van der Waals surface area contributed by atoms with Gasteiger partial charge in [-0.2, -0.15) is 0 Å². The second-order valence-electron chi connectivity index (χ2n) is 7.69. The van der Waals surface area contributed by atoms with Crippen molar-refractivity contribution < 1.29 is 4.74 Å². The van der Waals surface area contributed by atoms with Crippen LogP contribution in [-0.4, -0.2) is 4.37 Å². The molecule has 4 aromatic rings. The van der Waals surface area contributed by atoms with Crippen molar-refractivity contribution in [1.29, 1.82) is 0 Å². The normalized spacial score (nSPS) is 15.3. The van der Waals surface area contributed by atoms with E-state index in [9.17, 15) is 0 Å². The highest BCUT2D eigenvalue weighted by Crippen LogP contribution is 2.41. The van der Waals surface area contributed by atoms with E-state index >= 15 is 0 Å². The first-order valence-electron chi connectivity index (χ1n) is 10.1. The fourth-order valence-electron chi connectivity index (χ4n) is 4.44. The van der Waals surface area contributed by atoms with Crippen molar-refractivity contribution in [1.82, 2.24) is 4.37 Å². The van der Waals surface area contributed by atoms with E-state index < -0.39 is 0 Å². The van der Waals surface area contributed by atoms with Crippen LogP contribution in [0.25, 0.3) is 21.6 Å². The predicted octanol–water partition coefficient (Wildman–Crippen LogP) is 7.16. The molecule has 0 N–H and O–H groups in total. The van der Waals surface area contributed by atoms with Crippen LogP contribution < -0.4 is 4.74 Å². The summed E-state index contributed by atoms with van der Waals surface area (Å²) in [5.41, 5.74) is 9.36. The van der Waals surface area contributed by atoms with E-state index in [0.29, 0.717) is 0 Å². The Bertz CT molecular complexity index is 1130. The van der Waals surface area contributed by atoms with Gasteiger partial charge in [0.15, 0.2) is 0 Å². The van der Waals surface area contributed by atoms with Crippen LogP contribution in [0.15, 0.2) is 72.9 Å². The molecule has 0 unspecified atom stereocenters. The smallest absolute Gasteiger partial charge is 0.124 e. The van der Waals surface area contributed by atoms with E-state index in [4.69, 9.17) is 4.74 Å². The summed E-state index contributed by atoms with van der Waals surface area (Å²) in [6.45, 7) is 4.41. The maximum absolute atomic E-state index is 6.41. The van der Waals surface area contributed by atoms with Crippen molar-refractivity contribution in [3.63, 3.8) is 0 Å². The molecule has 1 aromatic heterocycles. The number of aromatic nitrogens is 1. The van der Waals surface area contributed by atoms with Gasteiger partial charge in [0.1, 0.15) is 11.9 Å².